The van der Waals surface area contributed by atoms with Gasteiger partial charge in [0, 0.05) is 32.8 Å². The highest BCUT2D eigenvalue weighted by atomic mass is 79.9. The zero-order chi connectivity index (χ0) is 10.8. The van der Waals surface area contributed by atoms with Crippen molar-refractivity contribution in [1.82, 2.24) is 0 Å². The Hall–Kier alpha value is 0.100. The minimum Gasteiger partial charge on any atom is -0.381 e. The molecule has 1 fully saturated rings. The minimum atomic E-state index is 0.139. The number of hydrogen-bond acceptors (Lipinski definition) is 3. The van der Waals surface area contributed by atoms with Crippen LogP contribution < -0.4 is 5.73 Å². The summed E-state index contributed by atoms with van der Waals surface area (Å²) in [4.78, 5) is 2.58. The van der Waals surface area contributed by atoms with E-state index in [1.54, 1.807) is 11.3 Å². The summed E-state index contributed by atoms with van der Waals surface area (Å²) >= 11 is 5.32. The largest absolute Gasteiger partial charge is 0.381 e. The maximum atomic E-state index is 6.26. The lowest BCUT2D eigenvalue weighted by atomic mass is 9.93. The van der Waals surface area contributed by atoms with Crippen molar-refractivity contribution in [1.29, 1.82) is 0 Å². The van der Waals surface area contributed by atoms with Gasteiger partial charge in [-0.15, -0.1) is 11.3 Å². The molecule has 0 radical (unpaired) electrons. The summed E-state index contributed by atoms with van der Waals surface area (Å²) in [7, 11) is 0. The molecule has 1 aromatic rings. The average Bonchev–Trinajstić information content (AvgIpc) is 2.59. The molecule has 15 heavy (non-hydrogen) atoms. The molecule has 2 nitrogen and oxygen atoms in total. The van der Waals surface area contributed by atoms with E-state index in [0.717, 1.165) is 19.6 Å². The van der Waals surface area contributed by atoms with Crippen LogP contribution in [0.4, 0.5) is 0 Å². The van der Waals surface area contributed by atoms with E-state index in [1.165, 1.54) is 20.6 Å². The van der Waals surface area contributed by atoms with Crippen LogP contribution in [-0.2, 0) is 4.74 Å². The Morgan fingerprint density at radius 3 is 3.00 bits per heavy atom. The fourth-order valence-electron chi connectivity index (χ4n) is 1.93. The second-order valence-electron chi connectivity index (χ2n) is 4.06. The highest BCUT2D eigenvalue weighted by Gasteiger charge is 2.24. The molecule has 0 aliphatic carbocycles. The zero-order valence-corrected chi connectivity index (χ0v) is 11.2. The van der Waals surface area contributed by atoms with E-state index in [2.05, 4.69) is 28.9 Å². The number of rotatable bonds is 2. The van der Waals surface area contributed by atoms with E-state index in [9.17, 15) is 0 Å². The quantitative estimate of drug-likeness (QED) is 0.907. The number of nitrogens with two attached hydrogens (primary N) is 1. The van der Waals surface area contributed by atoms with Gasteiger partial charge in [-0.3, -0.25) is 0 Å². The van der Waals surface area contributed by atoms with Gasteiger partial charge in [0.05, 0.1) is 6.61 Å². The lowest BCUT2D eigenvalue weighted by molar-refractivity contribution is 0.0452. The second kappa shape index (κ2) is 4.95. The maximum absolute atomic E-state index is 6.26. The molecule has 1 aliphatic heterocycles. The Bertz CT molecular complexity index is 314. The molecule has 0 aromatic carbocycles. The lowest BCUT2D eigenvalue weighted by Gasteiger charge is -2.26. The Morgan fingerprint density at radius 1 is 1.67 bits per heavy atom. The lowest BCUT2D eigenvalue weighted by Crippen LogP contribution is -2.28. The fourth-order valence-corrected chi connectivity index (χ4v) is 3.58. The normalized spacial score (nSPS) is 24.1. The summed E-state index contributed by atoms with van der Waals surface area (Å²) in [5.74, 6) is 0.490. The molecule has 2 heterocycles. The van der Waals surface area contributed by atoms with Crippen LogP contribution in [0.2, 0.25) is 0 Å². The standard InChI is InChI=1S/C11H16BrNOS/c1-7-9(12)5-10(15-7)11(13)8-3-2-4-14-6-8/h5,8,11H,2-4,6,13H2,1H3. The van der Waals surface area contributed by atoms with Gasteiger partial charge < -0.3 is 10.5 Å². The van der Waals surface area contributed by atoms with Gasteiger partial charge in [-0.25, -0.2) is 0 Å². The smallest absolute Gasteiger partial charge is 0.0512 e. The first kappa shape index (κ1) is 11.6. The number of ether oxygens (including phenoxy) is 1. The number of thiophene rings is 1. The molecule has 2 atom stereocenters. The van der Waals surface area contributed by atoms with E-state index in [4.69, 9.17) is 10.5 Å². The van der Waals surface area contributed by atoms with Crippen molar-refractivity contribution in [2.24, 2.45) is 11.7 Å². The van der Waals surface area contributed by atoms with Crippen LogP contribution in [0.5, 0.6) is 0 Å². The van der Waals surface area contributed by atoms with Crippen LogP contribution >= 0.6 is 27.3 Å². The fraction of sp³-hybridized carbons (Fsp3) is 0.636. The summed E-state index contributed by atoms with van der Waals surface area (Å²) < 4.78 is 6.65. The molecular formula is C11H16BrNOS. The molecule has 2 N–H and O–H groups in total. The van der Waals surface area contributed by atoms with Gasteiger partial charge in [-0.2, -0.15) is 0 Å². The van der Waals surface area contributed by atoms with E-state index < -0.39 is 0 Å². The van der Waals surface area contributed by atoms with Crippen molar-refractivity contribution in [3.05, 3.63) is 20.3 Å². The van der Waals surface area contributed by atoms with E-state index in [1.807, 2.05) is 0 Å². The molecule has 84 valence electrons. The summed E-state index contributed by atoms with van der Waals surface area (Å²) in [5, 5.41) is 0. The van der Waals surface area contributed by atoms with Gasteiger partial charge >= 0.3 is 0 Å². The van der Waals surface area contributed by atoms with Crippen molar-refractivity contribution in [2.75, 3.05) is 13.2 Å². The third kappa shape index (κ3) is 2.61. The average molecular weight is 290 g/mol. The van der Waals surface area contributed by atoms with Gasteiger partial charge in [-0.1, -0.05) is 0 Å². The monoisotopic (exact) mass is 289 g/mol. The van der Waals surface area contributed by atoms with Gasteiger partial charge in [-0.05, 0) is 41.8 Å². The Kier molecular flexibility index (Phi) is 3.83. The van der Waals surface area contributed by atoms with Crippen LogP contribution in [0.25, 0.3) is 0 Å². The molecule has 1 aliphatic rings. The van der Waals surface area contributed by atoms with Gasteiger partial charge in [0.25, 0.3) is 0 Å². The summed E-state index contributed by atoms with van der Waals surface area (Å²) in [6, 6.07) is 2.29. The Balaban J connectivity index is 2.08. The number of hydrogen-bond donors (Lipinski definition) is 1. The first-order valence-electron chi connectivity index (χ1n) is 5.27. The number of aryl methyl sites for hydroxylation is 1. The molecule has 2 unspecified atom stereocenters. The van der Waals surface area contributed by atoms with E-state index >= 15 is 0 Å². The Labute approximate surface area is 103 Å². The van der Waals surface area contributed by atoms with Crippen LogP contribution in [0.15, 0.2) is 10.5 Å². The van der Waals surface area contributed by atoms with Crippen LogP contribution in [0.3, 0.4) is 0 Å². The maximum Gasteiger partial charge on any atom is 0.0512 e. The van der Waals surface area contributed by atoms with Crippen molar-refractivity contribution in [3.8, 4) is 0 Å². The zero-order valence-electron chi connectivity index (χ0n) is 8.83. The molecular weight excluding hydrogens is 274 g/mol. The topological polar surface area (TPSA) is 35.2 Å². The molecule has 1 saturated heterocycles. The predicted molar refractivity (Wildman–Crippen MR) is 67.2 cm³/mol. The van der Waals surface area contributed by atoms with Crippen LogP contribution in [0, 0.1) is 12.8 Å². The first-order valence-corrected chi connectivity index (χ1v) is 6.88. The van der Waals surface area contributed by atoms with Crippen molar-refractivity contribution < 1.29 is 4.74 Å². The molecule has 2 rings (SSSR count). The molecule has 0 spiro atoms. The SMILES string of the molecule is Cc1sc(C(N)C2CCCOC2)cc1Br. The molecule has 0 saturated carbocycles. The minimum absolute atomic E-state index is 0.139. The third-order valence-electron chi connectivity index (χ3n) is 2.91. The van der Waals surface area contributed by atoms with Crippen molar-refractivity contribution in [3.63, 3.8) is 0 Å². The van der Waals surface area contributed by atoms with Crippen LogP contribution in [0.1, 0.15) is 28.6 Å². The van der Waals surface area contributed by atoms with E-state index in [-0.39, 0.29) is 6.04 Å². The molecule has 0 amide bonds. The van der Waals surface area contributed by atoms with Crippen molar-refractivity contribution in [2.45, 2.75) is 25.8 Å². The molecule has 1 aromatic heterocycles. The highest BCUT2D eigenvalue weighted by Crippen LogP contribution is 2.34. The predicted octanol–water partition coefficient (Wildman–Crippen LogP) is 3.25. The van der Waals surface area contributed by atoms with Crippen LogP contribution in [-0.4, -0.2) is 13.2 Å². The molecule has 4 heteroatoms. The third-order valence-corrected chi connectivity index (χ3v) is 5.15. The second-order valence-corrected chi connectivity index (χ2v) is 6.20. The molecule has 0 bridgehead atoms. The first-order chi connectivity index (χ1) is 7.18. The van der Waals surface area contributed by atoms with E-state index in [0.29, 0.717) is 5.92 Å². The number of halogens is 1. The van der Waals surface area contributed by atoms with Crippen molar-refractivity contribution >= 4 is 27.3 Å². The summed E-state index contributed by atoms with van der Waals surface area (Å²) in [6.07, 6.45) is 2.33. The Morgan fingerprint density at radius 2 is 2.47 bits per heavy atom. The summed E-state index contributed by atoms with van der Waals surface area (Å²) in [6.45, 7) is 3.83. The summed E-state index contributed by atoms with van der Waals surface area (Å²) in [5.41, 5.74) is 6.26. The van der Waals surface area contributed by atoms with Gasteiger partial charge in [0.2, 0.25) is 0 Å². The van der Waals surface area contributed by atoms with Gasteiger partial charge in [0.15, 0.2) is 0 Å². The highest BCUT2D eigenvalue weighted by molar-refractivity contribution is 9.10. The van der Waals surface area contributed by atoms with Gasteiger partial charge in [0.1, 0.15) is 0 Å².